The molecule has 0 aliphatic carbocycles. The van der Waals surface area contributed by atoms with E-state index in [9.17, 15) is 18.0 Å². The molecule has 1 fully saturated rings. The van der Waals surface area contributed by atoms with Crippen LogP contribution in [-0.4, -0.2) is 32.2 Å². The maximum Gasteiger partial charge on any atom is 0.416 e. The lowest BCUT2D eigenvalue weighted by Crippen LogP contribution is -2.36. The van der Waals surface area contributed by atoms with Crippen molar-refractivity contribution in [2.45, 2.75) is 13.1 Å². The molecule has 25 heavy (non-hydrogen) atoms. The molecule has 134 valence electrons. The van der Waals surface area contributed by atoms with Crippen molar-refractivity contribution < 1.29 is 22.7 Å². The van der Waals surface area contributed by atoms with Crippen LogP contribution in [0.25, 0.3) is 0 Å². The summed E-state index contributed by atoms with van der Waals surface area (Å²) in [7, 11) is 0. The molecule has 1 aromatic heterocycles. The normalized spacial score (nSPS) is 15.3. The number of benzene rings is 1. The molecule has 2 heterocycles. The maximum atomic E-state index is 13.1. The first kappa shape index (κ1) is 17.8. The van der Waals surface area contributed by atoms with Gasteiger partial charge in [-0.15, -0.1) is 11.3 Å². The lowest BCUT2D eigenvalue weighted by molar-refractivity contribution is -0.137. The van der Waals surface area contributed by atoms with Gasteiger partial charge in [-0.1, -0.05) is 0 Å². The molecule has 4 nitrogen and oxygen atoms in total. The number of rotatable bonds is 3. The summed E-state index contributed by atoms with van der Waals surface area (Å²) < 4.78 is 44.5. The van der Waals surface area contributed by atoms with Crippen LogP contribution in [0.1, 0.15) is 20.8 Å². The van der Waals surface area contributed by atoms with E-state index in [1.165, 1.54) is 17.4 Å². The number of carbonyl (C=O) groups excluding carboxylic acids is 1. The van der Waals surface area contributed by atoms with Gasteiger partial charge < -0.3 is 15.0 Å². The van der Waals surface area contributed by atoms with Crippen molar-refractivity contribution in [2.24, 2.45) is 0 Å². The summed E-state index contributed by atoms with van der Waals surface area (Å²) in [5.41, 5.74) is 0.735. The third-order valence-corrected chi connectivity index (χ3v) is 5.01. The van der Waals surface area contributed by atoms with Crippen LogP contribution >= 0.6 is 11.3 Å². The topological polar surface area (TPSA) is 41.6 Å². The van der Waals surface area contributed by atoms with Gasteiger partial charge >= 0.3 is 6.18 Å². The molecule has 1 aliphatic rings. The number of alkyl halides is 3. The molecule has 0 unspecified atom stereocenters. The highest BCUT2D eigenvalue weighted by atomic mass is 32.1. The Bertz CT molecular complexity index is 767. The summed E-state index contributed by atoms with van der Waals surface area (Å²) in [4.78, 5) is 14.9. The van der Waals surface area contributed by atoms with Crippen LogP contribution in [0.15, 0.2) is 29.6 Å². The summed E-state index contributed by atoms with van der Waals surface area (Å²) >= 11 is 1.26. The molecule has 8 heteroatoms. The minimum atomic E-state index is -4.47. The summed E-state index contributed by atoms with van der Waals surface area (Å²) in [6.07, 6.45) is -4.47. The van der Waals surface area contributed by atoms with E-state index in [1.807, 2.05) is 4.90 Å². The number of halogens is 3. The van der Waals surface area contributed by atoms with Crippen molar-refractivity contribution >= 4 is 28.6 Å². The zero-order valence-electron chi connectivity index (χ0n) is 13.5. The second-order valence-electron chi connectivity index (χ2n) is 5.72. The van der Waals surface area contributed by atoms with Gasteiger partial charge in [-0.2, -0.15) is 13.2 Å². The average molecular weight is 370 g/mol. The van der Waals surface area contributed by atoms with E-state index in [4.69, 9.17) is 4.74 Å². The number of carbonyl (C=O) groups is 1. The Morgan fingerprint density at radius 2 is 1.96 bits per heavy atom. The first-order valence-corrected chi connectivity index (χ1v) is 8.63. The second-order valence-corrected chi connectivity index (χ2v) is 6.63. The third-order valence-electron chi connectivity index (χ3n) is 3.99. The molecule has 0 atom stereocenters. The zero-order chi connectivity index (χ0) is 18.0. The van der Waals surface area contributed by atoms with Crippen LogP contribution in [-0.2, 0) is 10.9 Å². The van der Waals surface area contributed by atoms with E-state index in [1.54, 1.807) is 18.4 Å². The van der Waals surface area contributed by atoms with E-state index in [2.05, 4.69) is 5.32 Å². The molecule has 1 saturated heterocycles. The molecule has 0 radical (unpaired) electrons. The van der Waals surface area contributed by atoms with Crippen molar-refractivity contribution in [3.63, 3.8) is 0 Å². The fraction of sp³-hybridized carbons (Fsp3) is 0.353. The van der Waals surface area contributed by atoms with Gasteiger partial charge in [-0.05, 0) is 42.1 Å². The summed E-state index contributed by atoms with van der Waals surface area (Å²) in [6.45, 7) is 3.91. The number of aryl methyl sites for hydroxylation is 1. The number of morpholine rings is 1. The standard InChI is InChI=1S/C17H17F3N2O2S/c1-11-4-9-25-15(11)16(23)21-13-10-12(17(18,19)20)2-3-14(13)22-5-7-24-8-6-22/h2-4,9-10H,5-8H2,1H3,(H,21,23). The molecule has 0 spiro atoms. The maximum absolute atomic E-state index is 13.1. The molecule has 3 rings (SSSR count). The number of hydrogen-bond donors (Lipinski definition) is 1. The van der Waals surface area contributed by atoms with Crippen LogP contribution in [0.2, 0.25) is 0 Å². The summed E-state index contributed by atoms with van der Waals surface area (Å²) in [5, 5.41) is 4.43. The Labute approximate surface area is 147 Å². The van der Waals surface area contributed by atoms with Crippen molar-refractivity contribution in [3.05, 3.63) is 45.6 Å². The fourth-order valence-corrected chi connectivity index (χ4v) is 3.50. The largest absolute Gasteiger partial charge is 0.416 e. The molecule has 0 saturated carbocycles. The van der Waals surface area contributed by atoms with Crippen molar-refractivity contribution in [2.75, 3.05) is 36.5 Å². The monoisotopic (exact) mass is 370 g/mol. The van der Waals surface area contributed by atoms with E-state index in [-0.39, 0.29) is 5.69 Å². The Balaban J connectivity index is 1.95. The number of anilines is 2. The highest BCUT2D eigenvalue weighted by Gasteiger charge is 2.32. The molecule has 1 N–H and O–H groups in total. The first-order valence-electron chi connectivity index (χ1n) is 7.75. The van der Waals surface area contributed by atoms with Crippen molar-refractivity contribution in [3.8, 4) is 0 Å². The molecule has 2 aromatic rings. The number of ether oxygens (including phenoxy) is 1. The fourth-order valence-electron chi connectivity index (χ4n) is 2.68. The Morgan fingerprint density at radius 1 is 1.24 bits per heavy atom. The van der Waals surface area contributed by atoms with Gasteiger partial charge in [0.1, 0.15) is 0 Å². The SMILES string of the molecule is Cc1ccsc1C(=O)Nc1cc(C(F)(F)F)ccc1N1CCOCC1. The van der Waals surface area contributed by atoms with Crippen molar-refractivity contribution in [1.29, 1.82) is 0 Å². The first-order chi connectivity index (χ1) is 11.9. The van der Waals surface area contributed by atoms with Gasteiger partial charge in [0.05, 0.1) is 35.0 Å². The van der Waals surface area contributed by atoms with Crippen LogP contribution in [0.3, 0.4) is 0 Å². The van der Waals surface area contributed by atoms with Gasteiger partial charge in [0.15, 0.2) is 0 Å². The number of amides is 1. The minimum Gasteiger partial charge on any atom is -0.378 e. The molecule has 1 amide bonds. The number of nitrogens with one attached hydrogen (secondary N) is 1. The number of nitrogens with zero attached hydrogens (tertiary/aromatic N) is 1. The van der Waals surface area contributed by atoms with Crippen LogP contribution in [0.4, 0.5) is 24.5 Å². The van der Waals surface area contributed by atoms with Gasteiger partial charge in [-0.3, -0.25) is 4.79 Å². The molecule has 0 bridgehead atoms. The van der Waals surface area contributed by atoms with E-state index in [0.29, 0.717) is 36.9 Å². The van der Waals surface area contributed by atoms with E-state index in [0.717, 1.165) is 17.7 Å². The summed E-state index contributed by atoms with van der Waals surface area (Å²) in [6, 6.07) is 5.24. The second kappa shape index (κ2) is 7.05. The van der Waals surface area contributed by atoms with Gasteiger partial charge in [0, 0.05) is 13.1 Å². The van der Waals surface area contributed by atoms with Crippen molar-refractivity contribution in [1.82, 2.24) is 0 Å². The van der Waals surface area contributed by atoms with Crippen LogP contribution in [0.5, 0.6) is 0 Å². The lowest BCUT2D eigenvalue weighted by atomic mass is 10.1. The third kappa shape index (κ3) is 3.96. The summed E-state index contributed by atoms with van der Waals surface area (Å²) in [5.74, 6) is -0.402. The van der Waals surface area contributed by atoms with Gasteiger partial charge in [0.25, 0.3) is 5.91 Å². The predicted octanol–water partition coefficient (Wildman–Crippen LogP) is 4.16. The van der Waals surface area contributed by atoms with Gasteiger partial charge in [-0.25, -0.2) is 0 Å². The van der Waals surface area contributed by atoms with Gasteiger partial charge in [0.2, 0.25) is 0 Å². The Morgan fingerprint density at radius 3 is 2.56 bits per heavy atom. The lowest BCUT2D eigenvalue weighted by Gasteiger charge is -2.31. The molecular formula is C17H17F3N2O2S. The van der Waals surface area contributed by atoms with E-state index >= 15 is 0 Å². The predicted molar refractivity (Wildman–Crippen MR) is 91.5 cm³/mol. The van der Waals surface area contributed by atoms with E-state index < -0.39 is 17.6 Å². The Hall–Kier alpha value is -2.06. The highest BCUT2D eigenvalue weighted by Crippen LogP contribution is 2.36. The average Bonchev–Trinajstić information content (AvgIpc) is 3.01. The minimum absolute atomic E-state index is 0.162. The number of hydrogen-bond acceptors (Lipinski definition) is 4. The Kier molecular flexibility index (Phi) is 5.01. The quantitative estimate of drug-likeness (QED) is 0.882. The zero-order valence-corrected chi connectivity index (χ0v) is 14.3. The molecular weight excluding hydrogens is 353 g/mol. The number of thiophene rings is 1. The van der Waals surface area contributed by atoms with Crippen LogP contribution in [0, 0.1) is 6.92 Å². The van der Waals surface area contributed by atoms with Crippen LogP contribution < -0.4 is 10.2 Å². The smallest absolute Gasteiger partial charge is 0.378 e. The highest BCUT2D eigenvalue weighted by molar-refractivity contribution is 7.12. The molecule has 1 aliphatic heterocycles. The molecule has 1 aromatic carbocycles.